The van der Waals surface area contributed by atoms with E-state index in [0.29, 0.717) is 11.6 Å². The Kier molecular flexibility index (Phi) is 3.76. The Morgan fingerprint density at radius 3 is 2.89 bits per heavy atom. The molecule has 98 valence electrons. The summed E-state index contributed by atoms with van der Waals surface area (Å²) >= 11 is 5.85. The average Bonchev–Trinajstić information content (AvgIpc) is 2.36. The van der Waals surface area contributed by atoms with Gasteiger partial charge in [-0.05, 0) is 17.7 Å². The molecular weight excluding hydrogens is 270 g/mol. The number of nitrogens with one attached hydrogen (secondary N) is 1. The number of hydrogen-bond donors (Lipinski definition) is 2. The number of nitrogens with zero attached hydrogens (tertiary/aromatic N) is 3. The van der Waals surface area contributed by atoms with Crippen LogP contribution in [0.3, 0.4) is 0 Å². The van der Waals surface area contributed by atoms with Crippen LogP contribution in [0.15, 0.2) is 30.5 Å². The normalized spacial score (nSPS) is 10.2. The van der Waals surface area contributed by atoms with E-state index in [1.165, 1.54) is 0 Å². The maximum absolute atomic E-state index is 10.6. The third-order valence-corrected chi connectivity index (χ3v) is 2.57. The van der Waals surface area contributed by atoms with Crippen molar-refractivity contribution in [3.63, 3.8) is 0 Å². The molecule has 1 aromatic heterocycles. The van der Waals surface area contributed by atoms with Gasteiger partial charge in [-0.2, -0.15) is 4.98 Å². The fourth-order valence-electron chi connectivity index (χ4n) is 1.44. The van der Waals surface area contributed by atoms with E-state index < -0.39 is 4.92 Å². The van der Waals surface area contributed by atoms with Crippen molar-refractivity contribution in [3.8, 4) is 0 Å². The molecule has 0 bridgehead atoms. The van der Waals surface area contributed by atoms with Crippen molar-refractivity contribution in [2.24, 2.45) is 0 Å². The Labute approximate surface area is 113 Å². The lowest BCUT2D eigenvalue weighted by atomic mass is 10.2. The van der Waals surface area contributed by atoms with Crippen LogP contribution in [0.5, 0.6) is 0 Å². The van der Waals surface area contributed by atoms with E-state index in [0.717, 1.165) is 11.8 Å². The van der Waals surface area contributed by atoms with E-state index in [-0.39, 0.29) is 17.5 Å². The zero-order chi connectivity index (χ0) is 13.8. The molecule has 0 spiro atoms. The van der Waals surface area contributed by atoms with Crippen LogP contribution in [0, 0.1) is 10.1 Å². The van der Waals surface area contributed by atoms with E-state index in [2.05, 4.69) is 15.3 Å². The van der Waals surface area contributed by atoms with Crippen LogP contribution in [0.1, 0.15) is 5.56 Å². The first-order valence-corrected chi connectivity index (χ1v) is 5.69. The quantitative estimate of drug-likeness (QED) is 0.656. The van der Waals surface area contributed by atoms with Gasteiger partial charge in [0.2, 0.25) is 11.8 Å². The number of aromatic nitrogens is 2. The number of benzene rings is 1. The van der Waals surface area contributed by atoms with Gasteiger partial charge >= 0.3 is 5.69 Å². The van der Waals surface area contributed by atoms with Crippen molar-refractivity contribution in [1.29, 1.82) is 0 Å². The summed E-state index contributed by atoms with van der Waals surface area (Å²) in [6.07, 6.45) is 1.07. The highest BCUT2D eigenvalue weighted by Gasteiger charge is 2.13. The SMILES string of the molecule is Nc1nc(NCc2cccc(Cl)c2)ncc1[N+](=O)[O-]. The van der Waals surface area contributed by atoms with Crippen molar-refractivity contribution in [2.75, 3.05) is 11.1 Å². The monoisotopic (exact) mass is 279 g/mol. The molecule has 7 nitrogen and oxygen atoms in total. The summed E-state index contributed by atoms with van der Waals surface area (Å²) in [5, 5.41) is 14.1. The van der Waals surface area contributed by atoms with Gasteiger partial charge in [-0.1, -0.05) is 23.7 Å². The van der Waals surface area contributed by atoms with Gasteiger partial charge in [0.1, 0.15) is 6.20 Å². The zero-order valence-electron chi connectivity index (χ0n) is 9.71. The maximum atomic E-state index is 10.6. The summed E-state index contributed by atoms with van der Waals surface area (Å²) in [7, 11) is 0. The van der Waals surface area contributed by atoms with E-state index in [4.69, 9.17) is 17.3 Å². The minimum absolute atomic E-state index is 0.173. The Hall–Kier alpha value is -2.41. The highest BCUT2D eigenvalue weighted by Crippen LogP contribution is 2.18. The van der Waals surface area contributed by atoms with Gasteiger partial charge in [-0.3, -0.25) is 10.1 Å². The molecule has 0 amide bonds. The van der Waals surface area contributed by atoms with Gasteiger partial charge in [0.25, 0.3) is 0 Å². The molecule has 0 aliphatic heterocycles. The predicted molar refractivity (Wildman–Crippen MR) is 71.9 cm³/mol. The van der Waals surface area contributed by atoms with Crippen molar-refractivity contribution in [3.05, 3.63) is 51.2 Å². The summed E-state index contributed by atoms with van der Waals surface area (Å²) in [6, 6.07) is 7.27. The lowest BCUT2D eigenvalue weighted by molar-refractivity contribution is -0.384. The minimum atomic E-state index is -0.629. The molecule has 2 aromatic rings. The first-order chi connectivity index (χ1) is 9.06. The summed E-state index contributed by atoms with van der Waals surface area (Å²) in [6.45, 7) is 0.442. The molecule has 0 aliphatic carbocycles. The zero-order valence-corrected chi connectivity index (χ0v) is 10.5. The number of nitrogens with two attached hydrogens (primary N) is 1. The smallest absolute Gasteiger partial charge is 0.329 e. The van der Waals surface area contributed by atoms with Gasteiger partial charge in [0.05, 0.1) is 4.92 Å². The second kappa shape index (κ2) is 5.49. The van der Waals surface area contributed by atoms with Crippen molar-refractivity contribution < 1.29 is 4.92 Å². The fraction of sp³-hybridized carbons (Fsp3) is 0.0909. The average molecular weight is 280 g/mol. The van der Waals surface area contributed by atoms with Crippen LogP contribution in [0.2, 0.25) is 5.02 Å². The van der Waals surface area contributed by atoms with Gasteiger partial charge in [0, 0.05) is 11.6 Å². The fourth-order valence-corrected chi connectivity index (χ4v) is 1.66. The van der Waals surface area contributed by atoms with E-state index >= 15 is 0 Å². The standard InChI is InChI=1S/C11H10ClN5O2/c12-8-3-1-2-7(4-8)5-14-11-15-6-9(17(18)19)10(13)16-11/h1-4,6H,5H2,(H3,13,14,15,16). The molecule has 0 saturated carbocycles. The molecule has 0 saturated heterocycles. The summed E-state index contributed by atoms with van der Waals surface area (Å²) in [4.78, 5) is 17.6. The number of rotatable bonds is 4. The summed E-state index contributed by atoms with van der Waals surface area (Å²) in [5.41, 5.74) is 6.09. The van der Waals surface area contributed by atoms with Gasteiger partial charge in [-0.25, -0.2) is 4.98 Å². The van der Waals surface area contributed by atoms with Crippen LogP contribution in [-0.2, 0) is 6.54 Å². The molecule has 1 heterocycles. The lowest BCUT2D eigenvalue weighted by Gasteiger charge is -2.05. The maximum Gasteiger partial charge on any atom is 0.329 e. The van der Waals surface area contributed by atoms with E-state index in [9.17, 15) is 10.1 Å². The van der Waals surface area contributed by atoms with E-state index in [1.807, 2.05) is 12.1 Å². The summed E-state index contributed by atoms with van der Waals surface area (Å²) < 4.78 is 0. The topological polar surface area (TPSA) is 107 Å². The Morgan fingerprint density at radius 1 is 1.47 bits per heavy atom. The van der Waals surface area contributed by atoms with Crippen molar-refractivity contribution in [2.45, 2.75) is 6.54 Å². The highest BCUT2D eigenvalue weighted by atomic mass is 35.5. The molecule has 3 N–H and O–H groups in total. The molecule has 0 aliphatic rings. The molecule has 0 unspecified atom stereocenters. The second-order valence-corrected chi connectivity index (χ2v) is 4.14. The highest BCUT2D eigenvalue weighted by molar-refractivity contribution is 6.30. The Bertz CT molecular complexity index is 620. The van der Waals surface area contributed by atoms with Crippen LogP contribution in [0.25, 0.3) is 0 Å². The second-order valence-electron chi connectivity index (χ2n) is 3.70. The van der Waals surface area contributed by atoms with Crippen LogP contribution in [0.4, 0.5) is 17.5 Å². The molecule has 1 aromatic carbocycles. The molecule has 8 heteroatoms. The van der Waals surface area contributed by atoms with Crippen molar-refractivity contribution >= 4 is 29.1 Å². The number of hydrogen-bond acceptors (Lipinski definition) is 6. The Morgan fingerprint density at radius 2 is 2.26 bits per heavy atom. The number of halogens is 1. The third-order valence-electron chi connectivity index (χ3n) is 2.33. The molecule has 0 radical (unpaired) electrons. The van der Waals surface area contributed by atoms with Crippen LogP contribution < -0.4 is 11.1 Å². The molecule has 0 atom stereocenters. The number of anilines is 2. The van der Waals surface area contributed by atoms with Crippen LogP contribution in [-0.4, -0.2) is 14.9 Å². The number of nitrogen functional groups attached to an aromatic ring is 1. The molecular formula is C11H10ClN5O2. The summed E-state index contributed by atoms with van der Waals surface area (Å²) in [5.74, 6) is 0.0525. The molecule has 0 fully saturated rings. The van der Waals surface area contributed by atoms with Gasteiger partial charge in [0.15, 0.2) is 0 Å². The van der Waals surface area contributed by atoms with Crippen LogP contribution >= 0.6 is 11.6 Å². The first kappa shape index (κ1) is 13.0. The van der Waals surface area contributed by atoms with E-state index in [1.54, 1.807) is 12.1 Å². The van der Waals surface area contributed by atoms with Gasteiger partial charge in [-0.15, -0.1) is 0 Å². The predicted octanol–water partition coefficient (Wildman–Crippen LogP) is 2.23. The molecule has 2 rings (SSSR count). The first-order valence-electron chi connectivity index (χ1n) is 5.31. The third kappa shape index (κ3) is 3.29. The Balaban J connectivity index is 2.08. The number of nitro groups is 1. The lowest BCUT2D eigenvalue weighted by Crippen LogP contribution is -2.07. The van der Waals surface area contributed by atoms with Gasteiger partial charge < -0.3 is 11.1 Å². The van der Waals surface area contributed by atoms with Crippen molar-refractivity contribution in [1.82, 2.24) is 9.97 Å². The molecule has 19 heavy (non-hydrogen) atoms. The minimum Gasteiger partial charge on any atom is -0.378 e. The largest absolute Gasteiger partial charge is 0.378 e.